The van der Waals surface area contributed by atoms with Gasteiger partial charge in [-0.05, 0) is 36.2 Å². The van der Waals surface area contributed by atoms with Gasteiger partial charge in [0, 0.05) is 11.1 Å². The Kier molecular flexibility index (Phi) is 7.12. The molecule has 1 atom stereocenters. The fourth-order valence-electron chi connectivity index (χ4n) is 2.39. The Balaban J connectivity index is 2.28. The van der Waals surface area contributed by atoms with Crippen LogP contribution < -0.4 is 10.1 Å². The van der Waals surface area contributed by atoms with Crippen LogP contribution in [0.2, 0.25) is 10.0 Å². The normalized spacial score (nSPS) is 11.9. The van der Waals surface area contributed by atoms with Gasteiger partial charge in [0.1, 0.15) is 11.5 Å². The highest BCUT2D eigenvalue weighted by Gasteiger charge is 2.21. The number of aliphatic hydroxyl groups is 1. The number of aromatic hydroxyl groups is 1. The summed E-state index contributed by atoms with van der Waals surface area (Å²) in [6.45, 7) is 3.08. The Bertz CT molecular complexity index is 877. The Labute approximate surface area is 171 Å². The topological polar surface area (TPSA) is 116 Å². The number of phenols is 1. The molecule has 0 aliphatic carbocycles. The maximum absolute atomic E-state index is 12.2. The molecular formula is C19H19Cl2NO6. The average molecular weight is 428 g/mol. The van der Waals surface area contributed by atoms with Gasteiger partial charge in [-0.25, -0.2) is 4.79 Å². The molecule has 2 rings (SSSR count). The first-order chi connectivity index (χ1) is 13.1. The number of hydrogen-bond acceptors (Lipinski definition) is 5. The summed E-state index contributed by atoms with van der Waals surface area (Å²) in [5, 5.41) is 30.0. The molecule has 4 N–H and O–H groups in total. The summed E-state index contributed by atoms with van der Waals surface area (Å²) in [4.78, 5) is 23.1. The summed E-state index contributed by atoms with van der Waals surface area (Å²) in [7, 11) is 0. The van der Waals surface area contributed by atoms with E-state index in [0.717, 1.165) is 0 Å². The van der Waals surface area contributed by atoms with Crippen molar-refractivity contribution in [3.05, 3.63) is 51.5 Å². The summed E-state index contributed by atoms with van der Waals surface area (Å²) < 4.78 is 5.72. The molecule has 0 saturated heterocycles. The van der Waals surface area contributed by atoms with Crippen molar-refractivity contribution in [3.63, 3.8) is 0 Å². The van der Waals surface area contributed by atoms with Crippen molar-refractivity contribution in [3.8, 4) is 17.2 Å². The summed E-state index contributed by atoms with van der Waals surface area (Å²) >= 11 is 12.4. The van der Waals surface area contributed by atoms with Crippen LogP contribution in [0.15, 0.2) is 30.3 Å². The molecule has 0 spiro atoms. The molecule has 1 amide bonds. The lowest BCUT2D eigenvalue weighted by Gasteiger charge is -2.15. The van der Waals surface area contributed by atoms with Crippen molar-refractivity contribution in [2.24, 2.45) is 0 Å². The van der Waals surface area contributed by atoms with Crippen molar-refractivity contribution in [2.75, 3.05) is 6.61 Å². The fourth-order valence-corrected chi connectivity index (χ4v) is 2.96. The summed E-state index contributed by atoms with van der Waals surface area (Å²) in [6.07, 6.45) is 0. The van der Waals surface area contributed by atoms with Gasteiger partial charge < -0.3 is 25.4 Å². The second kappa shape index (κ2) is 9.14. The van der Waals surface area contributed by atoms with Crippen LogP contribution in [0.1, 0.15) is 35.7 Å². The summed E-state index contributed by atoms with van der Waals surface area (Å²) in [5.74, 6) is -1.42. The molecule has 0 bridgehead atoms. The molecule has 0 aliphatic heterocycles. The van der Waals surface area contributed by atoms with Crippen molar-refractivity contribution < 1.29 is 29.6 Å². The van der Waals surface area contributed by atoms with E-state index in [1.165, 1.54) is 18.2 Å². The predicted molar refractivity (Wildman–Crippen MR) is 105 cm³/mol. The van der Waals surface area contributed by atoms with Gasteiger partial charge in [0.2, 0.25) is 0 Å². The van der Waals surface area contributed by atoms with Gasteiger partial charge >= 0.3 is 5.97 Å². The van der Waals surface area contributed by atoms with Gasteiger partial charge in [-0.1, -0.05) is 37.0 Å². The third-order valence-corrected chi connectivity index (χ3v) is 4.45. The molecule has 7 nitrogen and oxygen atoms in total. The molecule has 0 heterocycles. The minimum atomic E-state index is -1.45. The van der Waals surface area contributed by atoms with E-state index in [9.17, 15) is 14.7 Å². The number of rotatable bonds is 7. The molecule has 1 unspecified atom stereocenters. The molecular weight excluding hydrogens is 409 g/mol. The Morgan fingerprint density at radius 2 is 1.75 bits per heavy atom. The number of nitrogens with one attached hydrogen (secondary N) is 1. The van der Waals surface area contributed by atoms with Crippen LogP contribution in [0, 0.1) is 0 Å². The number of aliphatic hydroxyl groups excluding tert-OH is 1. The Morgan fingerprint density at radius 1 is 1.14 bits per heavy atom. The monoisotopic (exact) mass is 427 g/mol. The van der Waals surface area contributed by atoms with E-state index in [1.54, 1.807) is 12.1 Å². The van der Waals surface area contributed by atoms with Gasteiger partial charge in [-0.3, -0.25) is 4.79 Å². The quantitative estimate of drug-likeness (QED) is 0.533. The number of ether oxygens (including phenoxy) is 1. The van der Waals surface area contributed by atoms with Gasteiger partial charge in [0.25, 0.3) is 5.91 Å². The minimum Gasteiger partial charge on any atom is -0.508 e. The van der Waals surface area contributed by atoms with Crippen LogP contribution in [0.5, 0.6) is 17.2 Å². The lowest BCUT2D eigenvalue weighted by Crippen LogP contribution is -2.43. The maximum atomic E-state index is 12.2. The number of aliphatic carboxylic acids is 1. The minimum absolute atomic E-state index is 0.00984. The molecule has 2 aromatic rings. The molecule has 0 radical (unpaired) electrons. The van der Waals surface area contributed by atoms with Crippen LogP contribution in [-0.4, -0.2) is 39.8 Å². The van der Waals surface area contributed by atoms with E-state index in [-0.39, 0.29) is 33.0 Å². The maximum Gasteiger partial charge on any atom is 0.328 e. The molecule has 0 aromatic heterocycles. The molecule has 0 aliphatic rings. The highest BCUT2D eigenvalue weighted by Crippen LogP contribution is 2.39. The number of hydrogen-bond donors (Lipinski definition) is 4. The summed E-state index contributed by atoms with van der Waals surface area (Å²) in [6, 6.07) is 5.80. The molecule has 0 saturated carbocycles. The number of carbonyl (C=O) groups excluding carboxylic acids is 1. The van der Waals surface area contributed by atoms with E-state index in [4.69, 9.17) is 38.2 Å². The number of benzene rings is 2. The Hall–Kier alpha value is -2.48. The summed E-state index contributed by atoms with van der Waals surface area (Å²) in [5.41, 5.74) is 0.695. The SMILES string of the molecule is CC(C)c1cc(Oc2c(Cl)cc(C(=O)NC(CO)C(=O)O)cc2Cl)ccc1O. The first-order valence-electron chi connectivity index (χ1n) is 8.28. The van der Waals surface area contributed by atoms with E-state index in [0.29, 0.717) is 11.3 Å². The van der Waals surface area contributed by atoms with Crippen molar-refractivity contribution in [1.29, 1.82) is 0 Å². The Morgan fingerprint density at radius 3 is 2.25 bits per heavy atom. The second-order valence-electron chi connectivity index (χ2n) is 6.29. The zero-order valence-corrected chi connectivity index (χ0v) is 16.6. The van der Waals surface area contributed by atoms with Crippen LogP contribution >= 0.6 is 23.2 Å². The number of carboxylic acid groups (broad SMARTS) is 1. The highest BCUT2D eigenvalue weighted by molar-refractivity contribution is 6.37. The number of carboxylic acids is 1. The average Bonchev–Trinajstić information content (AvgIpc) is 2.62. The number of amides is 1. The van der Waals surface area contributed by atoms with Crippen molar-refractivity contribution >= 4 is 35.1 Å². The van der Waals surface area contributed by atoms with Gasteiger partial charge in [-0.15, -0.1) is 0 Å². The van der Waals surface area contributed by atoms with Crippen LogP contribution in [0.25, 0.3) is 0 Å². The van der Waals surface area contributed by atoms with Gasteiger partial charge in [0.05, 0.1) is 16.7 Å². The van der Waals surface area contributed by atoms with E-state index < -0.39 is 24.5 Å². The lowest BCUT2D eigenvalue weighted by atomic mass is 10.0. The van der Waals surface area contributed by atoms with E-state index >= 15 is 0 Å². The largest absolute Gasteiger partial charge is 0.508 e. The lowest BCUT2D eigenvalue weighted by molar-refractivity contribution is -0.140. The van der Waals surface area contributed by atoms with E-state index in [2.05, 4.69) is 5.32 Å². The first-order valence-corrected chi connectivity index (χ1v) is 9.04. The molecule has 9 heteroatoms. The molecule has 2 aromatic carbocycles. The van der Waals surface area contributed by atoms with Crippen molar-refractivity contribution in [1.82, 2.24) is 5.32 Å². The smallest absolute Gasteiger partial charge is 0.328 e. The third kappa shape index (κ3) is 5.07. The van der Waals surface area contributed by atoms with Crippen LogP contribution in [0.4, 0.5) is 0 Å². The number of phenolic OH excluding ortho intramolecular Hbond substituents is 1. The number of halogens is 2. The van der Waals surface area contributed by atoms with Gasteiger partial charge in [-0.2, -0.15) is 0 Å². The fraction of sp³-hybridized carbons (Fsp3) is 0.263. The second-order valence-corrected chi connectivity index (χ2v) is 7.11. The molecule has 150 valence electrons. The first kappa shape index (κ1) is 21.8. The van der Waals surface area contributed by atoms with Gasteiger partial charge in [0.15, 0.2) is 11.8 Å². The molecule has 28 heavy (non-hydrogen) atoms. The highest BCUT2D eigenvalue weighted by atomic mass is 35.5. The zero-order valence-electron chi connectivity index (χ0n) is 15.1. The number of carbonyl (C=O) groups is 2. The van der Waals surface area contributed by atoms with Crippen LogP contribution in [-0.2, 0) is 4.79 Å². The standard InChI is InChI=1S/C19H19Cl2NO6/c1-9(2)12-7-11(3-4-16(12)24)28-17-13(20)5-10(6-14(17)21)18(25)22-15(8-23)19(26)27/h3-7,9,15,23-24H,8H2,1-2H3,(H,22,25)(H,26,27). The van der Waals surface area contributed by atoms with Crippen molar-refractivity contribution in [2.45, 2.75) is 25.8 Å². The van der Waals surface area contributed by atoms with Crippen LogP contribution in [0.3, 0.4) is 0 Å². The predicted octanol–water partition coefficient (Wildman–Crippen LogP) is 3.79. The zero-order chi connectivity index (χ0) is 21.0. The molecule has 0 fully saturated rings. The third-order valence-electron chi connectivity index (χ3n) is 3.89. The van der Waals surface area contributed by atoms with E-state index in [1.807, 2.05) is 13.8 Å².